The Bertz CT molecular complexity index is 1080. The molecule has 0 saturated carbocycles. The van der Waals surface area contributed by atoms with Crippen molar-refractivity contribution in [2.45, 2.75) is 46.0 Å². The monoisotopic (exact) mass is 564 g/mol. The lowest BCUT2D eigenvalue weighted by Gasteiger charge is -2.19. The number of alkyl carbamates (subject to hydrolysis) is 1. The fraction of sp³-hybridized carbons (Fsp3) is 0.476. The van der Waals surface area contributed by atoms with Crippen molar-refractivity contribution in [1.82, 2.24) is 20.1 Å². The molecule has 1 amide bonds. The van der Waals surface area contributed by atoms with Gasteiger partial charge >= 0.3 is 18.2 Å². The smallest absolute Gasteiger partial charge is 0.418 e. The fourth-order valence-corrected chi connectivity index (χ4v) is 2.93. The van der Waals surface area contributed by atoms with E-state index < -0.39 is 41.8 Å². The summed E-state index contributed by atoms with van der Waals surface area (Å²) >= 11 is 2.98. The molecule has 2 aromatic heterocycles. The predicted molar refractivity (Wildman–Crippen MR) is 119 cm³/mol. The van der Waals surface area contributed by atoms with Crippen molar-refractivity contribution in [3.05, 3.63) is 39.9 Å². The second-order valence-corrected chi connectivity index (χ2v) is 8.76. The van der Waals surface area contributed by atoms with Crippen molar-refractivity contribution >= 4 is 33.8 Å². The highest BCUT2D eigenvalue weighted by atomic mass is 79.9. The van der Waals surface area contributed by atoms with Crippen LogP contribution in [0.5, 0.6) is 5.75 Å². The third kappa shape index (κ3) is 8.53. The van der Waals surface area contributed by atoms with Gasteiger partial charge in [0.15, 0.2) is 18.1 Å². The van der Waals surface area contributed by atoms with E-state index in [-0.39, 0.29) is 41.4 Å². The molecule has 2 heterocycles. The summed E-state index contributed by atoms with van der Waals surface area (Å²) in [6.45, 7) is 6.07. The van der Waals surface area contributed by atoms with Crippen LogP contribution in [0.2, 0.25) is 0 Å². The van der Waals surface area contributed by atoms with Gasteiger partial charge in [-0.3, -0.25) is 9.48 Å². The number of rotatable bonds is 9. The number of carbonyl (C=O) groups is 3. The minimum Gasteiger partial charge on any atom is -0.483 e. The Morgan fingerprint density at radius 1 is 1.17 bits per heavy atom. The van der Waals surface area contributed by atoms with E-state index in [1.54, 1.807) is 27.7 Å². The van der Waals surface area contributed by atoms with Crippen LogP contribution in [0, 0.1) is 0 Å². The Hall–Kier alpha value is -3.16. The topological polar surface area (TPSA) is 122 Å². The molecule has 1 N–H and O–H groups in total. The lowest BCUT2D eigenvalue weighted by molar-refractivity contribution is -0.138. The van der Waals surface area contributed by atoms with E-state index in [4.69, 9.17) is 14.2 Å². The largest absolute Gasteiger partial charge is 0.483 e. The molecule has 0 aliphatic heterocycles. The Morgan fingerprint density at radius 3 is 2.46 bits per heavy atom. The van der Waals surface area contributed by atoms with E-state index in [9.17, 15) is 27.6 Å². The molecule has 0 fully saturated rings. The van der Waals surface area contributed by atoms with E-state index in [2.05, 4.69) is 31.3 Å². The number of halogens is 4. The molecule has 14 heteroatoms. The van der Waals surface area contributed by atoms with Crippen LogP contribution < -0.4 is 10.1 Å². The van der Waals surface area contributed by atoms with Gasteiger partial charge in [0.25, 0.3) is 0 Å². The number of pyridine rings is 1. The molecule has 192 valence electrons. The molecule has 0 aliphatic rings. The highest BCUT2D eigenvalue weighted by Gasteiger charge is 2.32. The highest BCUT2D eigenvalue weighted by molar-refractivity contribution is 9.10. The van der Waals surface area contributed by atoms with Crippen molar-refractivity contribution in [2.24, 2.45) is 0 Å². The summed E-state index contributed by atoms with van der Waals surface area (Å²) < 4.78 is 55.3. The Balaban J connectivity index is 2.17. The second-order valence-electron chi connectivity index (χ2n) is 8.01. The van der Waals surface area contributed by atoms with Crippen LogP contribution in [-0.4, -0.2) is 58.0 Å². The van der Waals surface area contributed by atoms with Gasteiger partial charge in [-0.2, -0.15) is 18.3 Å². The molecule has 35 heavy (non-hydrogen) atoms. The van der Waals surface area contributed by atoms with Crippen LogP contribution in [0.25, 0.3) is 0 Å². The van der Waals surface area contributed by atoms with Gasteiger partial charge in [0, 0.05) is 18.8 Å². The zero-order valence-corrected chi connectivity index (χ0v) is 20.9. The summed E-state index contributed by atoms with van der Waals surface area (Å²) in [5.74, 6) is -1.75. The van der Waals surface area contributed by atoms with Gasteiger partial charge in [0.05, 0.1) is 18.7 Å². The van der Waals surface area contributed by atoms with Crippen LogP contribution in [0.4, 0.5) is 18.0 Å². The van der Waals surface area contributed by atoms with Gasteiger partial charge in [0.1, 0.15) is 15.9 Å². The normalized spacial score (nSPS) is 11.7. The first-order valence-electron chi connectivity index (χ1n) is 10.3. The molecule has 2 rings (SSSR count). The third-order valence-electron chi connectivity index (χ3n) is 4.04. The summed E-state index contributed by atoms with van der Waals surface area (Å²) in [7, 11) is 0. The van der Waals surface area contributed by atoms with Gasteiger partial charge in [-0.1, -0.05) is 0 Å². The summed E-state index contributed by atoms with van der Waals surface area (Å²) in [5.41, 5.74) is -1.99. The number of alkyl halides is 3. The first-order valence-corrected chi connectivity index (χ1v) is 11.1. The molecule has 0 atom stereocenters. The van der Waals surface area contributed by atoms with Crippen LogP contribution in [0.3, 0.4) is 0 Å². The summed E-state index contributed by atoms with van der Waals surface area (Å²) in [6.07, 6.45) is -4.71. The SMILES string of the molecule is CCOC(=O)c1cc(C(=O)COc2cc(C(F)(F)F)cnc2Br)n(CCNC(=O)OC(C)(C)C)n1. The maximum absolute atomic E-state index is 13.0. The molecule has 10 nitrogen and oxygen atoms in total. The van der Waals surface area contributed by atoms with Crippen molar-refractivity contribution < 1.29 is 41.8 Å². The van der Waals surface area contributed by atoms with Gasteiger partial charge in [-0.15, -0.1) is 0 Å². The molecule has 2 aromatic rings. The van der Waals surface area contributed by atoms with Crippen LogP contribution >= 0.6 is 15.9 Å². The summed E-state index contributed by atoms with van der Waals surface area (Å²) in [5, 5.41) is 6.54. The van der Waals surface area contributed by atoms with Crippen molar-refractivity contribution in [3.63, 3.8) is 0 Å². The number of Topliss-reactive ketones (excluding diaryl/α,β-unsaturated/α-hetero) is 1. The first kappa shape index (κ1) is 28.1. The minimum atomic E-state index is -4.65. The molecule has 0 bridgehead atoms. The maximum Gasteiger partial charge on any atom is 0.418 e. The molecule has 0 saturated heterocycles. The summed E-state index contributed by atoms with van der Waals surface area (Å²) in [6, 6.07) is 1.88. The predicted octanol–water partition coefficient (Wildman–Crippen LogP) is 4.02. The number of ketones is 1. The van der Waals surface area contributed by atoms with E-state index >= 15 is 0 Å². The molecule has 0 spiro atoms. The van der Waals surface area contributed by atoms with Gasteiger partial charge in [-0.25, -0.2) is 14.6 Å². The van der Waals surface area contributed by atoms with Crippen LogP contribution in [0.1, 0.15) is 54.2 Å². The quantitative estimate of drug-likeness (QED) is 0.275. The van der Waals surface area contributed by atoms with Crippen molar-refractivity contribution in [2.75, 3.05) is 19.8 Å². The number of nitrogens with zero attached hydrogens (tertiary/aromatic N) is 3. The zero-order chi connectivity index (χ0) is 26.4. The molecule has 0 aliphatic carbocycles. The Labute approximate surface area is 207 Å². The number of hydrogen-bond acceptors (Lipinski definition) is 8. The molecule has 0 aromatic carbocycles. The number of carbonyl (C=O) groups excluding carboxylic acids is 3. The molecular formula is C21H24BrF3N4O6. The number of esters is 1. The molecule has 0 unspecified atom stereocenters. The van der Waals surface area contributed by atoms with Crippen LogP contribution in [0.15, 0.2) is 22.9 Å². The molecule has 0 radical (unpaired) electrons. The lowest BCUT2D eigenvalue weighted by atomic mass is 10.2. The van der Waals surface area contributed by atoms with Gasteiger partial charge in [-0.05, 0) is 49.7 Å². The zero-order valence-electron chi connectivity index (χ0n) is 19.4. The van der Waals surface area contributed by atoms with Crippen LogP contribution in [-0.2, 0) is 22.2 Å². The average molecular weight is 565 g/mol. The summed E-state index contributed by atoms with van der Waals surface area (Å²) in [4.78, 5) is 40.3. The third-order valence-corrected chi connectivity index (χ3v) is 4.63. The first-order chi connectivity index (χ1) is 16.2. The minimum absolute atomic E-state index is 0.00307. The Kier molecular flexibility index (Phi) is 9.24. The second kappa shape index (κ2) is 11.5. The van der Waals surface area contributed by atoms with Crippen molar-refractivity contribution in [1.29, 1.82) is 0 Å². The number of nitrogens with one attached hydrogen (secondary N) is 1. The maximum atomic E-state index is 13.0. The lowest BCUT2D eigenvalue weighted by Crippen LogP contribution is -2.34. The average Bonchev–Trinajstić information content (AvgIpc) is 3.15. The van der Waals surface area contributed by atoms with E-state index in [0.29, 0.717) is 12.3 Å². The van der Waals surface area contributed by atoms with E-state index in [1.807, 2.05) is 0 Å². The fourth-order valence-electron chi connectivity index (χ4n) is 2.60. The number of amides is 1. The van der Waals surface area contributed by atoms with Gasteiger partial charge < -0.3 is 19.5 Å². The standard InChI is InChI=1S/C21H24BrF3N4O6/c1-5-33-18(31)13-9-14(29(28-13)7-6-26-19(32)35-20(2,3)4)15(30)11-34-16-8-12(21(23,24)25)10-27-17(16)22/h8-10H,5-7,11H2,1-4H3,(H,26,32). The van der Waals surface area contributed by atoms with Gasteiger partial charge in [0.2, 0.25) is 5.78 Å². The molecular weight excluding hydrogens is 541 g/mol. The van der Waals surface area contributed by atoms with E-state index in [1.165, 1.54) is 6.07 Å². The number of hydrogen-bond donors (Lipinski definition) is 1. The Morgan fingerprint density at radius 2 is 1.86 bits per heavy atom. The van der Waals surface area contributed by atoms with E-state index in [0.717, 1.165) is 4.68 Å². The number of aromatic nitrogens is 3. The number of ether oxygens (including phenoxy) is 3. The van der Waals surface area contributed by atoms with Crippen molar-refractivity contribution in [3.8, 4) is 5.75 Å². The highest BCUT2D eigenvalue weighted by Crippen LogP contribution is 2.33.